The maximum Gasteiger partial charge on any atom is 0.115 e. The molecule has 0 aromatic heterocycles. The molecule has 3 rings (SSSR count). The second kappa shape index (κ2) is 3.39. The minimum Gasteiger partial charge on any atom is -0.508 e. The molecule has 0 bridgehead atoms. The molecule has 0 radical (unpaired) electrons. The highest BCUT2D eigenvalue weighted by molar-refractivity contribution is 5.85. The summed E-state index contributed by atoms with van der Waals surface area (Å²) in [6.07, 6.45) is 1.31. The number of rotatable bonds is 1. The molecule has 2 nitrogen and oxygen atoms in total. The lowest BCUT2D eigenvalue weighted by Gasteiger charge is -2.16. The normalized spacial score (nSPS) is 33.3. The minimum atomic E-state index is 0. The first kappa shape index (κ1) is 10.8. The first-order valence-electron chi connectivity index (χ1n) is 5.19. The molecule has 1 aromatic rings. The molecule has 1 N–H and O–H groups in total. The van der Waals surface area contributed by atoms with Crippen molar-refractivity contribution in [3.63, 3.8) is 0 Å². The van der Waals surface area contributed by atoms with Crippen molar-refractivity contribution in [2.24, 2.45) is 5.92 Å². The fourth-order valence-corrected chi connectivity index (χ4v) is 3.00. The zero-order valence-electron chi connectivity index (χ0n) is 8.81. The summed E-state index contributed by atoms with van der Waals surface area (Å²) in [5.74, 6) is 1.23. The van der Waals surface area contributed by atoms with Gasteiger partial charge in [0.15, 0.2) is 0 Å². The van der Waals surface area contributed by atoms with Gasteiger partial charge in [0.05, 0.1) is 0 Å². The van der Waals surface area contributed by atoms with Crippen LogP contribution in [0.25, 0.3) is 0 Å². The number of likely N-dealkylation sites (N-methyl/N-ethyl adjacent to an activating group) is 1. The molecule has 0 amide bonds. The minimum absolute atomic E-state index is 0. The van der Waals surface area contributed by atoms with E-state index in [2.05, 4.69) is 18.0 Å². The molecule has 1 aliphatic carbocycles. The number of halogens is 1. The highest BCUT2D eigenvalue weighted by Crippen LogP contribution is 2.58. The molecule has 1 aromatic carbocycles. The van der Waals surface area contributed by atoms with E-state index in [1.165, 1.54) is 18.5 Å². The van der Waals surface area contributed by atoms with Crippen LogP contribution in [0.4, 0.5) is 0 Å². The van der Waals surface area contributed by atoms with Crippen LogP contribution in [0.3, 0.4) is 0 Å². The van der Waals surface area contributed by atoms with E-state index in [0.29, 0.717) is 11.2 Å². The van der Waals surface area contributed by atoms with Crippen molar-refractivity contribution < 1.29 is 5.11 Å². The van der Waals surface area contributed by atoms with Crippen LogP contribution in [0.15, 0.2) is 24.3 Å². The van der Waals surface area contributed by atoms with Crippen LogP contribution in [0.2, 0.25) is 0 Å². The summed E-state index contributed by atoms with van der Waals surface area (Å²) in [4.78, 5) is 2.39. The molecule has 3 heteroatoms. The molecule has 1 saturated heterocycles. The van der Waals surface area contributed by atoms with Crippen molar-refractivity contribution in [1.29, 1.82) is 0 Å². The first-order chi connectivity index (χ1) is 6.71. The molecular formula is C12H16ClNO. The van der Waals surface area contributed by atoms with E-state index in [1.54, 1.807) is 6.07 Å². The van der Waals surface area contributed by atoms with E-state index >= 15 is 0 Å². The van der Waals surface area contributed by atoms with E-state index in [0.717, 1.165) is 12.5 Å². The summed E-state index contributed by atoms with van der Waals surface area (Å²) in [6.45, 7) is 2.37. The number of phenolic OH excluding ortho intramolecular Hbond substituents is 1. The Morgan fingerprint density at radius 3 is 2.87 bits per heavy atom. The van der Waals surface area contributed by atoms with E-state index in [-0.39, 0.29) is 12.4 Å². The number of likely N-dealkylation sites (tertiary alicyclic amines) is 1. The van der Waals surface area contributed by atoms with Gasteiger partial charge in [-0.25, -0.2) is 0 Å². The van der Waals surface area contributed by atoms with Gasteiger partial charge in [0.25, 0.3) is 0 Å². The zero-order chi connectivity index (χ0) is 9.76. The van der Waals surface area contributed by atoms with Crippen LogP contribution < -0.4 is 0 Å². The van der Waals surface area contributed by atoms with Crippen LogP contribution in [-0.2, 0) is 5.41 Å². The van der Waals surface area contributed by atoms with Crippen molar-refractivity contribution in [3.05, 3.63) is 29.8 Å². The average Bonchev–Trinajstić information content (AvgIpc) is 2.71. The van der Waals surface area contributed by atoms with E-state index in [1.807, 2.05) is 12.1 Å². The predicted molar refractivity (Wildman–Crippen MR) is 62.6 cm³/mol. The van der Waals surface area contributed by atoms with Crippen molar-refractivity contribution in [2.45, 2.75) is 11.8 Å². The van der Waals surface area contributed by atoms with Crippen molar-refractivity contribution >= 4 is 12.4 Å². The van der Waals surface area contributed by atoms with Gasteiger partial charge in [0.2, 0.25) is 0 Å². The molecule has 2 fully saturated rings. The third-order valence-corrected chi connectivity index (χ3v) is 3.74. The van der Waals surface area contributed by atoms with Gasteiger partial charge in [-0.3, -0.25) is 0 Å². The largest absolute Gasteiger partial charge is 0.508 e. The molecule has 2 atom stereocenters. The standard InChI is InChI=1S/C12H15NO.ClH/c1-13-7-10-6-12(10,8-13)9-3-2-4-11(14)5-9;/h2-5,10,14H,6-8H2,1H3;1H. The van der Waals surface area contributed by atoms with Crippen LogP contribution in [0.5, 0.6) is 5.75 Å². The summed E-state index contributed by atoms with van der Waals surface area (Å²) in [6, 6.07) is 7.78. The second-order valence-corrected chi connectivity index (χ2v) is 4.80. The van der Waals surface area contributed by atoms with Crippen molar-refractivity contribution in [1.82, 2.24) is 4.90 Å². The van der Waals surface area contributed by atoms with Crippen LogP contribution in [0.1, 0.15) is 12.0 Å². The van der Waals surface area contributed by atoms with Gasteiger partial charge in [0, 0.05) is 18.5 Å². The van der Waals surface area contributed by atoms with Crippen molar-refractivity contribution in [3.8, 4) is 5.75 Å². The maximum absolute atomic E-state index is 9.46. The summed E-state index contributed by atoms with van der Waals surface area (Å²) < 4.78 is 0. The number of piperidine rings is 1. The second-order valence-electron chi connectivity index (χ2n) is 4.80. The monoisotopic (exact) mass is 225 g/mol. The Balaban J connectivity index is 0.000000853. The highest BCUT2D eigenvalue weighted by atomic mass is 35.5. The third-order valence-electron chi connectivity index (χ3n) is 3.74. The van der Waals surface area contributed by atoms with Gasteiger partial charge >= 0.3 is 0 Å². The Kier molecular flexibility index (Phi) is 2.44. The van der Waals surface area contributed by atoms with Gasteiger partial charge in [-0.15, -0.1) is 12.4 Å². The quantitative estimate of drug-likeness (QED) is 0.791. The number of benzene rings is 1. The third kappa shape index (κ3) is 1.52. The van der Waals surface area contributed by atoms with Gasteiger partial charge in [-0.05, 0) is 37.1 Å². The van der Waals surface area contributed by atoms with E-state index in [4.69, 9.17) is 0 Å². The average molecular weight is 226 g/mol. The fourth-order valence-electron chi connectivity index (χ4n) is 3.00. The predicted octanol–water partition coefficient (Wildman–Crippen LogP) is 2.02. The lowest BCUT2D eigenvalue weighted by Crippen LogP contribution is -2.22. The maximum atomic E-state index is 9.46. The summed E-state index contributed by atoms with van der Waals surface area (Å²) in [7, 11) is 2.18. The van der Waals surface area contributed by atoms with Crippen LogP contribution in [-0.4, -0.2) is 30.1 Å². The summed E-state index contributed by atoms with van der Waals surface area (Å²) in [5, 5.41) is 9.46. The Bertz CT molecular complexity index is 382. The number of nitrogens with zero attached hydrogens (tertiary/aromatic N) is 1. The van der Waals surface area contributed by atoms with Gasteiger partial charge in [-0.2, -0.15) is 0 Å². The van der Waals surface area contributed by atoms with Crippen molar-refractivity contribution in [2.75, 3.05) is 20.1 Å². The molecule has 1 aliphatic heterocycles. The summed E-state index contributed by atoms with van der Waals surface area (Å²) >= 11 is 0. The Morgan fingerprint density at radius 2 is 2.27 bits per heavy atom. The summed E-state index contributed by atoms with van der Waals surface area (Å²) in [5.41, 5.74) is 1.71. The number of aromatic hydroxyl groups is 1. The molecule has 0 spiro atoms. The Morgan fingerprint density at radius 1 is 1.47 bits per heavy atom. The lowest BCUT2D eigenvalue weighted by atomic mass is 9.95. The Hall–Kier alpha value is -0.730. The van der Waals surface area contributed by atoms with Crippen LogP contribution >= 0.6 is 12.4 Å². The van der Waals surface area contributed by atoms with Gasteiger partial charge < -0.3 is 10.0 Å². The Labute approximate surface area is 96.3 Å². The first-order valence-corrected chi connectivity index (χ1v) is 5.19. The molecule has 2 unspecified atom stereocenters. The van der Waals surface area contributed by atoms with E-state index < -0.39 is 0 Å². The smallest absolute Gasteiger partial charge is 0.115 e. The molecule has 82 valence electrons. The molecule has 2 aliphatic rings. The molecular weight excluding hydrogens is 210 g/mol. The van der Waals surface area contributed by atoms with E-state index in [9.17, 15) is 5.11 Å². The number of hydrogen-bond acceptors (Lipinski definition) is 2. The molecule has 1 heterocycles. The topological polar surface area (TPSA) is 23.5 Å². The molecule has 15 heavy (non-hydrogen) atoms. The van der Waals surface area contributed by atoms with Gasteiger partial charge in [0.1, 0.15) is 5.75 Å². The number of hydrogen-bond donors (Lipinski definition) is 1. The van der Waals surface area contributed by atoms with Crippen LogP contribution in [0, 0.1) is 5.92 Å². The highest BCUT2D eigenvalue weighted by Gasteiger charge is 2.59. The number of phenols is 1. The van der Waals surface area contributed by atoms with Gasteiger partial charge in [-0.1, -0.05) is 12.1 Å². The lowest BCUT2D eigenvalue weighted by molar-refractivity contribution is 0.363. The molecule has 1 saturated carbocycles. The fraction of sp³-hybridized carbons (Fsp3) is 0.500. The zero-order valence-corrected chi connectivity index (χ0v) is 9.63. The number of fused-ring (bicyclic) bond motifs is 1. The SMILES string of the molecule is CN1CC2CC2(c2cccc(O)c2)C1.Cl.